The number of amides is 2. The predicted octanol–water partition coefficient (Wildman–Crippen LogP) is 1.49. The summed E-state index contributed by atoms with van der Waals surface area (Å²) in [6.07, 6.45) is -0.113. The number of benzene rings is 2. The van der Waals surface area contributed by atoms with Crippen LogP contribution in [0.4, 0.5) is 5.69 Å². The molecule has 0 radical (unpaired) electrons. The second-order valence-corrected chi connectivity index (χ2v) is 9.00. The number of anilines is 1. The van der Waals surface area contributed by atoms with Crippen LogP contribution in [0.2, 0.25) is 0 Å². The highest BCUT2D eigenvalue weighted by atomic mass is 32.2. The summed E-state index contributed by atoms with van der Waals surface area (Å²) in [6, 6.07) is 11.8. The number of phenolic OH excluding ortho intramolecular Hbond substituents is 1. The van der Waals surface area contributed by atoms with Crippen molar-refractivity contribution < 1.29 is 19.8 Å². The number of rotatable bonds is 6. The number of thioether (sulfide) groups is 1. The van der Waals surface area contributed by atoms with Crippen LogP contribution in [0.15, 0.2) is 63.1 Å². The lowest BCUT2D eigenvalue weighted by Gasteiger charge is -2.14. The smallest absolute Gasteiger partial charge is 0.328 e. The van der Waals surface area contributed by atoms with Gasteiger partial charge in [-0.1, -0.05) is 41.6 Å². The molecule has 2 heterocycles. The second-order valence-electron chi connectivity index (χ2n) is 7.81. The third-order valence-corrected chi connectivity index (χ3v) is 6.27. The van der Waals surface area contributed by atoms with Crippen LogP contribution in [0, 0.1) is 6.92 Å². The zero-order valence-corrected chi connectivity index (χ0v) is 19.2. The Bertz CT molecular complexity index is 1410. The molecule has 180 valence electrons. The van der Waals surface area contributed by atoms with Gasteiger partial charge in [-0.2, -0.15) is 0 Å². The number of carbonyl (C=O) groups excluding carboxylic acids is 2. The highest BCUT2D eigenvalue weighted by Gasteiger charge is 2.33. The summed E-state index contributed by atoms with van der Waals surface area (Å²) in [4.78, 5) is 57.5. The molecule has 1 aliphatic heterocycles. The fourth-order valence-corrected chi connectivity index (χ4v) is 4.43. The highest BCUT2D eigenvalue weighted by Crippen LogP contribution is 2.32. The highest BCUT2D eigenvalue weighted by molar-refractivity contribution is 8.15. The molecule has 0 spiro atoms. The molecule has 2 amide bonds. The van der Waals surface area contributed by atoms with Gasteiger partial charge in [-0.15, -0.1) is 0 Å². The van der Waals surface area contributed by atoms with Crippen molar-refractivity contribution in [1.29, 1.82) is 0 Å². The summed E-state index contributed by atoms with van der Waals surface area (Å²) in [5.74, 6) is -1.49. The van der Waals surface area contributed by atoms with Gasteiger partial charge in [0.1, 0.15) is 22.6 Å². The number of amidine groups is 1. The van der Waals surface area contributed by atoms with Gasteiger partial charge in [0.15, 0.2) is 5.17 Å². The number of carbonyl (C=O) groups is 2. The van der Waals surface area contributed by atoms with E-state index in [1.54, 1.807) is 12.1 Å². The van der Waals surface area contributed by atoms with E-state index in [-0.39, 0.29) is 28.8 Å². The Morgan fingerprint density at radius 3 is 2.40 bits per heavy atom. The summed E-state index contributed by atoms with van der Waals surface area (Å²) in [5, 5.41) is 24.6. The number of aromatic amines is 2. The van der Waals surface area contributed by atoms with E-state index in [4.69, 9.17) is 0 Å². The minimum atomic E-state index is -1.13. The zero-order chi connectivity index (χ0) is 25.1. The van der Waals surface area contributed by atoms with Gasteiger partial charge in [-0.25, -0.2) is 9.79 Å². The maximum Gasteiger partial charge on any atom is 0.328 e. The first-order valence-electron chi connectivity index (χ1n) is 10.5. The molecule has 0 unspecified atom stereocenters. The molecule has 1 fully saturated rings. The Labute approximate surface area is 202 Å². The standard InChI is InChI=1S/C23H21N5O6S/c1-11-2-6-13(7-3-11)24-16(30)10-15-19(31)28-23(35-15)25-18(12-4-8-14(29)9-5-12)17-20(32)26-22(34)27-21(17)33/h2-9,15,18,29H,10H2,1H3,(H,24,30)(H,25,28,31)(H3,26,27,32,33,34)/t15-,18-/m0/s1. The van der Waals surface area contributed by atoms with Crippen LogP contribution in [0.5, 0.6) is 11.6 Å². The maximum atomic E-state index is 12.5. The summed E-state index contributed by atoms with van der Waals surface area (Å²) in [5.41, 5.74) is 0.0496. The molecule has 6 N–H and O–H groups in total. The molecule has 0 saturated carbocycles. The van der Waals surface area contributed by atoms with Gasteiger partial charge in [0.05, 0.1) is 0 Å². The SMILES string of the molecule is Cc1ccc(NC(=O)C[C@@H]2SC(=N[C@@H](c3ccc(O)cc3)c3c(O)[nH]c(=O)[nH]c3=O)NC2=O)cc1. The van der Waals surface area contributed by atoms with Crippen LogP contribution in [-0.2, 0) is 9.59 Å². The van der Waals surface area contributed by atoms with E-state index in [2.05, 4.69) is 20.6 Å². The molecule has 0 bridgehead atoms. The van der Waals surface area contributed by atoms with Crippen molar-refractivity contribution in [1.82, 2.24) is 15.3 Å². The van der Waals surface area contributed by atoms with E-state index in [0.717, 1.165) is 17.3 Å². The molecular weight excluding hydrogens is 474 g/mol. The van der Waals surface area contributed by atoms with Crippen molar-refractivity contribution in [2.45, 2.75) is 24.6 Å². The molecule has 0 aliphatic carbocycles. The lowest BCUT2D eigenvalue weighted by molar-refractivity contribution is -0.122. The van der Waals surface area contributed by atoms with E-state index in [0.29, 0.717) is 11.3 Å². The van der Waals surface area contributed by atoms with Crippen LogP contribution in [0.3, 0.4) is 0 Å². The quantitative estimate of drug-likeness (QED) is 0.300. The first kappa shape index (κ1) is 23.8. The Morgan fingerprint density at radius 1 is 1.06 bits per heavy atom. The summed E-state index contributed by atoms with van der Waals surface area (Å²) in [7, 11) is 0. The maximum absolute atomic E-state index is 12.5. The monoisotopic (exact) mass is 495 g/mol. The van der Waals surface area contributed by atoms with E-state index in [1.165, 1.54) is 24.3 Å². The molecule has 12 heteroatoms. The molecule has 4 rings (SSSR count). The van der Waals surface area contributed by atoms with Gasteiger partial charge in [0, 0.05) is 12.1 Å². The second kappa shape index (κ2) is 9.89. The van der Waals surface area contributed by atoms with Gasteiger partial charge in [-0.3, -0.25) is 24.4 Å². The van der Waals surface area contributed by atoms with Gasteiger partial charge in [-0.05, 0) is 36.8 Å². The fourth-order valence-electron chi connectivity index (χ4n) is 3.44. The van der Waals surface area contributed by atoms with Gasteiger partial charge in [0.25, 0.3) is 5.56 Å². The molecule has 1 saturated heterocycles. The zero-order valence-electron chi connectivity index (χ0n) is 18.4. The number of phenols is 1. The Hall–Kier alpha value is -4.32. The van der Waals surface area contributed by atoms with Crippen LogP contribution in [0.25, 0.3) is 0 Å². The Morgan fingerprint density at radius 2 is 1.74 bits per heavy atom. The van der Waals surface area contributed by atoms with Crippen LogP contribution in [-0.4, -0.2) is 42.4 Å². The number of H-pyrrole nitrogens is 2. The number of hydrogen-bond donors (Lipinski definition) is 6. The van der Waals surface area contributed by atoms with Crippen LogP contribution < -0.4 is 21.9 Å². The van der Waals surface area contributed by atoms with E-state index in [9.17, 15) is 29.4 Å². The third kappa shape index (κ3) is 5.61. The van der Waals surface area contributed by atoms with Gasteiger partial charge >= 0.3 is 5.69 Å². The molecule has 11 nitrogen and oxygen atoms in total. The molecule has 2 atom stereocenters. The Kier molecular flexibility index (Phi) is 6.73. The minimum Gasteiger partial charge on any atom is -0.508 e. The van der Waals surface area contributed by atoms with E-state index < -0.39 is 34.3 Å². The normalized spacial score (nSPS) is 17.2. The van der Waals surface area contributed by atoms with Crippen LogP contribution in [0.1, 0.15) is 29.2 Å². The Balaban J connectivity index is 1.58. The average Bonchev–Trinajstić information content (AvgIpc) is 3.13. The number of nitrogens with zero attached hydrogens (tertiary/aromatic N) is 1. The molecule has 1 aromatic heterocycles. The fraction of sp³-hybridized carbons (Fsp3) is 0.174. The average molecular weight is 496 g/mol. The molecule has 2 aromatic carbocycles. The number of hydrogen-bond acceptors (Lipinski definition) is 8. The lowest BCUT2D eigenvalue weighted by atomic mass is 10.0. The number of aliphatic imine (C=N–C) groups is 1. The van der Waals surface area contributed by atoms with Crippen molar-refractivity contribution in [2.75, 3.05) is 5.32 Å². The number of nitrogens with one attached hydrogen (secondary N) is 4. The van der Waals surface area contributed by atoms with Crippen molar-refractivity contribution >= 4 is 34.4 Å². The number of aromatic nitrogens is 2. The minimum absolute atomic E-state index is 0.0250. The number of aromatic hydroxyl groups is 2. The molecule has 35 heavy (non-hydrogen) atoms. The molecule has 3 aromatic rings. The predicted molar refractivity (Wildman–Crippen MR) is 131 cm³/mol. The van der Waals surface area contributed by atoms with Crippen LogP contribution >= 0.6 is 11.8 Å². The summed E-state index contributed by atoms with van der Waals surface area (Å²) < 4.78 is 0. The first-order chi connectivity index (χ1) is 16.7. The van der Waals surface area contributed by atoms with Crippen molar-refractivity contribution in [3.8, 4) is 11.6 Å². The molecule has 1 aliphatic rings. The summed E-state index contributed by atoms with van der Waals surface area (Å²) in [6.45, 7) is 1.93. The van der Waals surface area contributed by atoms with E-state index >= 15 is 0 Å². The number of aryl methyl sites for hydroxylation is 1. The topological polar surface area (TPSA) is 177 Å². The lowest BCUT2D eigenvalue weighted by Crippen LogP contribution is -2.29. The van der Waals surface area contributed by atoms with E-state index in [1.807, 2.05) is 24.0 Å². The molecular formula is C23H21N5O6S. The first-order valence-corrected chi connectivity index (χ1v) is 11.3. The van der Waals surface area contributed by atoms with Gasteiger partial charge in [0.2, 0.25) is 17.7 Å². The summed E-state index contributed by atoms with van der Waals surface area (Å²) >= 11 is 1.01. The van der Waals surface area contributed by atoms with Gasteiger partial charge < -0.3 is 20.8 Å². The van der Waals surface area contributed by atoms with Crippen molar-refractivity contribution in [3.05, 3.63) is 86.1 Å². The third-order valence-electron chi connectivity index (χ3n) is 5.17. The van der Waals surface area contributed by atoms with Crippen molar-refractivity contribution in [3.63, 3.8) is 0 Å². The van der Waals surface area contributed by atoms with Crippen molar-refractivity contribution in [2.24, 2.45) is 4.99 Å². The largest absolute Gasteiger partial charge is 0.508 e.